The van der Waals surface area contributed by atoms with Crippen LogP contribution in [0.2, 0.25) is 0 Å². The van der Waals surface area contributed by atoms with Crippen LogP contribution < -0.4 is 20.3 Å². The van der Waals surface area contributed by atoms with Gasteiger partial charge in [0.15, 0.2) is 11.5 Å². The highest BCUT2D eigenvalue weighted by Crippen LogP contribution is 2.31. The third-order valence-electron chi connectivity index (χ3n) is 3.01. The number of halogens is 1. The number of thiophene rings is 1. The molecule has 0 spiro atoms. The molecular weight excluding hydrogens is 368 g/mol. The molecule has 2 heterocycles. The molecule has 1 aromatic carbocycles. The summed E-state index contributed by atoms with van der Waals surface area (Å²) < 4.78 is 12.1. The van der Waals surface area contributed by atoms with E-state index in [2.05, 4.69) is 33.4 Å². The molecule has 0 bridgehead atoms. The molecule has 1 amide bonds. The standard InChI is InChI=1S/C15H13BrN2O3S/c1-9(13-6-7-14(16)22-13)17-18-15(19)12-8-20-10-4-2-3-5-11(10)21-12/h2-7,12,17H,1,8H2,(H,18,19)/t12-/m0/s1. The number of amides is 1. The Kier molecular flexibility index (Phi) is 4.35. The molecule has 1 atom stereocenters. The lowest BCUT2D eigenvalue weighted by Gasteiger charge is -2.25. The molecule has 1 aliphatic rings. The van der Waals surface area contributed by atoms with Crippen LogP contribution in [-0.2, 0) is 4.79 Å². The van der Waals surface area contributed by atoms with Gasteiger partial charge in [-0.05, 0) is 40.2 Å². The molecule has 2 aromatic rings. The van der Waals surface area contributed by atoms with Crippen LogP contribution in [0.4, 0.5) is 0 Å². The van der Waals surface area contributed by atoms with Crippen LogP contribution in [0.25, 0.3) is 5.70 Å². The van der Waals surface area contributed by atoms with Gasteiger partial charge >= 0.3 is 0 Å². The minimum atomic E-state index is -0.703. The summed E-state index contributed by atoms with van der Waals surface area (Å²) in [6.45, 7) is 4.05. The van der Waals surface area contributed by atoms with Crippen molar-refractivity contribution in [2.24, 2.45) is 0 Å². The first-order valence-electron chi connectivity index (χ1n) is 6.52. The van der Waals surface area contributed by atoms with E-state index < -0.39 is 6.10 Å². The molecule has 0 unspecified atom stereocenters. The Balaban J connectivity index is 1.56. The van der Waals surface area contributed by atoms with Gasteiger partial charge in [-0.1, -0.05) is 18.7 Å². The van der Waals surface area contributed by atoms with Crippen LogP contribution in [0.3, 0.4) is 0 Å². The third-order valence-corrected chi connectivity index (χ3v) is 4.69. The van der Waals surface area contributed by atoms with E-state index in [9.17, 15) is 4.79 Å². The second-order valence-corrected chi connectivity index (χ2v) is 7.02. The number of hydrogen-bond acceptors (Lipinski definition) is 5. The molecule has 5 nitrogen and oxygen atoms in total. The molecule has 1 aliphatic heterocycles. The summed E-state index contributed by atoms with van der Waals surface area (Å²) in [5, 5.41) is 0. The summed E-state index contributed by atoms with van der Waals surface area (Å²) in [5.74, 6) is 0.897. The van der Waals surface area contributed by atoms with Gasteiger partial charge in [-0.2, -0.15) is 0 Å². The fourth-order valence-corrected chi connectivity index (χ4v) is 3.22. The maximum Gasteiger partial charge on any atom is 0.282 e. The predicted molar refractivity (Wildman–Crippen MR) is 88.7 cm³/mol. The Morgan fingerprint density at radius 2 is 2.00 bits per heavy atom. The fraction of sp³-hybridized carbons (Fsp3) is 0.133. The molecule has 0 saturated carbocycles. The number of carbonyl (C=O) groups excluding carboxylic acids is 1. The van der Waals surface area contributed by atoms with Crippen LogP contribution in [0.5, 0.6) is 11.5 Å². The first-order valence-corrected chi connectivity index (χ1v) is 8.13. The summed E-state index contributed by atoms with van der Waals surface area (Å²) in [5.41, 5.74) is 5.99. The summed E-state index contributed by atoms with van der Waals surface area (Å²) in [6, 6.07) is 11.1. The zero-order valence-electron chi connectivity index (χ0n) is 11.5. The van der Waals surface area contributed by atoms with Crippen molar-refractivity contribution in [3.8, 4) is 11.5 Å². The summed E-state index contributed by atoms with van der Waals surface area (Å²) in [7, 11) is 0. The molecule has 0 saturated heterocycles. The van der Waals surface area contributed by atoms with Gasteiger partial charge in [0, 0.05) is 0 Å². The highest BCUT2D eigenvalue weighted by atomic mass is 79.9. The lowest BCUT2D eigenvalue weighted by Crippen LogP contribution is -2.48. The molecule has 1 aromatic heterocycles. The van der Waals surface area contributed by atoms with Crippen LogP contribution in [-0.4, -0.2) is 18.6 Å². The van der Waals surface area contributed by atoms with E-state index in [0.29, 0.717) is 17.2 Å². The van der Waals surface area contributed by atoms with E-state index in [4.69, 9.17) is 9.47 Å². The Morgan fingerprint density at radius 1 is 1.23 bits per heavy atom. The number of para-hydroxylation sites is 2. The number of rotatable bonds is 4. The van der Waals surface area contributed by atoms with Gasteiger partial charge in [-0.3, -0.25) is 15.6 Å². The first-order chi connectivity index (χ1) is 10.6. The Labute approximate surface area is 140 Å². The van der Waals surface area contributed by atoms with Crippen molar-refractivity contribution in [3.63, 3.8) is 0 Å². The number of carbonyl (C=O) groups is 1. The van der Waals surface area contributed by atoms with Crippen molar-refractivity contribution in [1.82, 2.24) is 10.9 Å². The second-order valence-electron chi connectivity index (χ2n) is 4.56. The topological polar surface area (TPSA) is 59.6 Å². The van der Waals surface area contributed by atoms with Crippen molar-refractivity contribution < 1.29 is 14.3 Å². The third kappa shape index (κ3) is 3.26. The Bertz CT molecular complexity index is 716. The molecule has 0 fully saturated rings. The maximum absolute atomic E-state index is 12.1. The zero-order valence-corrected chi connectivity index (χ0v) is 13.9. The van der Waals surface area contributed by atoms with Crippen molar-refractivity contribution in [1.29, 1.82) is 0 Å². The van der Waals surface area contributed by atoms with Crippen LogP contribution >= 0.6 is 27.3 Å². The van der Waals surface area contributed by atoms with Crippen molar-refractivity contribution >= 4 is 38.9 Å². The highest BCUT2D eigenvalue weighted by molar-refractivity contribution is 9.11. The van der Waals surface area contributed by atoms with E-state index in [1.54, 1.807) is 12.1 Å². The van der Waals surface area contributed by atoms with Crippen molar-refractivity contribution in [3.05, 3.63) is 51.6 Å². The maximum atomic E-state index is 12.1. The normalized spacial score (nSPS) is 16.0. The van der Waals surface area contributed by atoms with Gasteiger partial charge in [0.25, 0.3) is 5.91 Å². The molecule has 7 heteroatoms. The van der Waals surface area contributed by atoms with E-state index in [-0.39, 0.29) is 12.5 Å². The molecule has 0 aliphatic carbocycles. The largest absolute Gasteiger partial charge is 0.485 e. The highest BCUT2D eigenvalue weighted by Gasteiger charge is 2.27. The summed E-state index contributed by atoms with van der Waals surface area (Å²) in [4.78, 5) is 13.1. The first kappa shape index (κ1) is 14.9. The number of fused-ring (bicyclic) bond motifs is 1. The van der Waals surface area contributed by atoms with Gasteiger partial charge in [0.05, 0.1) is 14.4 Å². The van der Waals surface area contributed by atoms with E-state index in [0.717, 1.165) is 8.66 Å². The second kappa shape index (κ2) is 6.41. The van der Waals surface area contributed by atoms with Crippen LogP contribution in [0.15, 0.2) is 46.8 Å². The van der Waals surface area contributed by atoms with Crippen LogP contribution in [0, 0.1) is 0 Å². The van der Waals surface area contributed by atoms with E-state index in [1.165, 1.54) is 11.3 Å². The number of hydrazine groups is 1. The molecule has 0 radical (unpaired) electrons. The Morgan fingerprint density at radius 3 is 2.73 bits per heavy atom. The van der Waals surface area contributed by atoms with Gasteiger partial charge in [-0.15, -0.1) is 11.3 Å². The number of hydrogen-bond donors (Lipinski definition) is 2. The number of ether oxygens (including phenoxy) is 2. The summed E-state index contributed by atoms with van der Waals surface area (Å²) in [6.07, 6.45) is -0.703. The van der Waals surface area contributed by atoms with Crippen molar-refractivity contribution in [2.75, 3.05) is 6.61 Å². The zero-order chi connectivity index (χ0) is 15.5. The molecule has 22 heavy (non-hydrogen) atoms. The monoisotopic (exact) mass is 380 g/mol. The number of benzene rings is 1. The smallest absolute Gasteiger partial charge is 0.282 e. The minimum Gasteiger partial charge on any atom is -0.485 e. The van der Waals surface area contributed by atoms with E-state index in [1.807, 2.05) is 24.3 Å². The van der Waals surface area contributed by atoms with Gasteiger partial charge in [-0.25, -0.2) is 0 Å². The van der Waals surface area contributed by atoms with Gasteiger partial charge in [0.2, 0.25) is 6.10 Å². The van der Waals surface area contributed by atoms with E-state index >= 15 is 0 Å². The lowest BCUT2D eigenvalue weighted by molar-refractivity contribution is -0.131. The fourth-order valence-electron chi connectivity index (χ4n) is 1.90. The lowest BCUT2D eigenvalue weighted by atomic mass is 10.2. The van der Waals surface area contributed by atoms with Crippen LogP contribution in [0.1, 0.15) is 4.88 Å². The SMILES string of the molecule is C=C(NNC(=O)[C@@H]1COc2ccccc2O1)c1ccc(Br)s1. The van der Waals surface area contributed by atoms with Crippen molar-refractivity contribution in [2.45, 2.75) is 6.10 Å². The molecule has 3 rings (SSSR count). The van der Waals surface area contributed by atoms with Gasteiger partial charge in [0.1, 0.15) is 6.61 Å². The molecule has 114 valence electrons. The summed E-state index contributed by atoms with van der Waals surface area (Å²) >= 11 is 4.91. The number of nitrogens with one attached hydrogen (secondary N) is 2. The van der Waals surface area contributed by atoms with Gasteiger partial charge < -0.3 is 9.47 Å². The average molecular weight is 381 g/mol. The molecule has 2 N–H and O–H groups in total. The predicted octanol–water partition coefficient (Wildman–Crippen LogP) is 2.94. The molecular formula is C15H13BrN2O3S. The minimum absolute atomic E-state index is 0.168. The quantitative estimate of drug-likeness (QED) is 0.800. The Hall–Kier alpha value is -1.99. The average Bonchev–Trinajstić information content (AvgIpc) is 2.98.